The first-order chi connectivity index (χ1) is 7.31. The summed E-state index contributed by atoms with van der Waals surface area (Å²) >= 11 is 0. The van der Waals surface area contributed by atoms with Crippen LogP contribution in [0.3, 0.4) is 0 Å². The highest BCUT2D eigenvalue weighted by Gasteiger charge is 2.17. The van der Waals surface area contributed by atoms with Crippen LogP contribution in [0.5, 0.6) is 0 Å². The maximum absolute atomic E-state index is 6.14. The summed E-state index contributed by atoms with van der Waals surface area (Å²) in [5, 5.41) is 1.84. The second-order valence-electron chi connectivity index (χ2n) is 5.32. The van der Waals surface area contributed by atoms with Crippen LogP contribution in [0.4, 0.5) is 0 Å². The van der Waals surface area contributed by atoms with Gasteiger partial charge in [0.15, 0.2) is 0 Å². The van der Waals surface area contributed by atoms with Gasteiger partial charge in [0.05, 0.1) is 5.70 Å². The van der Waals surface area contributed by atoms with E-state index in [0.29, 0.717) is 17.8 Å². The van der Waals surface area contributed by atoms with Gasteiger partial charge in [0.25, 0.3) is 0 Å². The first-order valence-corrected chi connectivity index (χ1v) is 6.32. The summed E-state index contributed by atoms with van der Waals surface area (Å²) in [5.41, 5.74) is 8.15. The van der Waals surface area contributed by atoms with Gasteiger partial charge >= 0.3 is 0 Å². The average Bonchev–Trinajstić information content (AvgIpc) is 2.16. The molecule has 0 saturated carbocycles. The molecule has 1 unspecified atom stereocenters. The Hall–Kier alpha value is -0.700. The highest BCUT2D eigenvalue weighted by Crippen LogP contribution is 2.20. The number of nitrogens with zero attached hydrogens (tertiary/aromatic N) is 1. The molecular weight excluding hydrogens is 198 g/mol. The van der Waals surface area contributed by atoms with E-state index in [1.54, 1.807) is 0 Å². The Labute approximate surface area is 101 Å². The average molecular weight is 227 g/mol. The molecule has 1 atom stereocenters. The molecule has 0 spiro atoms. The maximum Gasteiger partial charge on any atom is 0.0506 e. The van der Waals surface area contributed by atoms with E-state index in [9.17, 15) is 0 Å². The molecule has 0 amide bonds. The minimum atomic E-state index is 0.348. The van der Waals surface area contributed by atoms with Gasteiger partial charge in [-0.15, -0.1) is 0 Å². The number of rotatable bonds is 6. The minimum Gasteiger partial charge on any atom is -0.400 e. The third-order valence-corrected chi connectivity index (χ3v) is 2.98. The summed E-state index contributed by atoms with van der Waals surface area (Å²) in [6.07, 6.45) is 1.14. The Bertz CT molecular complexity index is 231. The van der Waals surface area contributed by atoms with Gasteiger partial charge in [-0.1, -0.05) is 48.0 Å². The summed E-state index contributed by atoms with van der Waals surface area (Å²) in [7, 11) is 0. The molecule has 0 aliphatic carbocycles. The van der Waals surface area contributed by atoms with Crippen molar-refractivity contribution < 1.29 is 0 Å². The third-order valence-electron chi connectivity index (χ3n) is 2.98. The molecule has 3 nitrogen and oxygen atoms in total. The van der Waals surface area contributed by atoms with Gasteiger partial charge in [-0.3, -0.25) is 0 Å². The van der Waals surface area contributed by atoms with Gasteiger partial charge in [-0.25, -0.2) is 5.84 Å². The molecule has 0 aromatic rings. The van der Waals surface area contributed by atoms with Crippen molar-refractivity contribution in [3.05, 3.63) is 11.4 Å². The van der Waals surface area contributed by atoms with E-state index >= 15 is 0 Å². The minimum absolute atomic E-state index is 0.348. The van der Waals surface area contributed by atoms with Crippen LogP contribution in [0.25, 0.3) is 0 Å². The number of hydrogen-bond acceptors (Lipinski definition) is 3. The summed E-state index contributed by atoms with van der Waals surface area (Å²) in [6.45, 7) is 13.8. The van der Waals surface area contributed by atoms with Crippen molar-refractivity contribution >= 4 is 0 Å². The van der Waals surface area contributed by atoms with Crippen LogP contribution < -0.4 is 11.6 Å². The molecule has 0 saturated heterocycles. The molecule has 3 heteroatoms. The molecular formula is C13H29N3. The molecule has 16 heavy (non-hydrogen) atoms. The summed E-state index contributed by atoms with van der Waals surface area (Å²) in [4.78, 5) is 0. The largest absolute Gasteiger partial charge is 0.400 e. The molecule has 0 bridgehead atoms. The van der Waals surface area contributed by atoms with Crippen LogP contribution >= 0.6 is 0 Å². The molecule has 0 aromatic heterocycles. The molecule has 0 heterocycles. The number of hydrogen-bond donors (Lipinski definition) is 2. The molecule has 0 rings (SSSR count). The van der Waals surface area contributed by atoms with Crippen LogP contribution in [-0.4, -0.2) is 11.6 Å². The van der Waals surface area contributed by atoms with Crippen LogP contribution in [0.2, 0.25) is 0 Å². The van der Waals surface area contributed by atoms with Gasteiger partial charge in [0, 0.05) is 12.2 Å². The number of nitrogens with two attached hydrogens (primary N) is 2. The zero-order valence-electron chi connectivity index (χ0n) is 11.7. The first-order valence-electron chi connectivity index (χ1n) is 6.32. The summed E-state index contributed by atoms with van der Waals surface area (Å²) in [6, 6.07) is 0. The van der Waals surface area contributed by atoms with Crippen LogP contribution in [0.1, 0.15) is 48.0 Å². The van der Waals surface area contributed by atoms with Crippen LogP contribution in [0, 0.1) is 17.8 Å². The SMILES string of the molecule is CCC(C)CN(N)/C(=C(\N)C(C)C)C(C)C. The predicted octanol–water partition coefficient (Wildman–Crippen LogP) is 2.69. The van der Waals surface area contributed by atoms with Gasteiger partial charge in [0.2, 0.25) is 0 Å². The zero-order chi connectivity index (χ0) is 12.9. The summed E-state index contributed by atoms with van der Waals surface area (Å²) < 4.78 is 0. The molecule has 0 aromatic carbocycles. The van der Waals surface area contributed by atoms with Crippen molar-refractivity contribution in [1.29, 1.82) is 0 Å². The number of allylic oxidation sites excluding steroid dienone is 2. The van der Waals surface area contributed by atoms with Gasteiger partial charge < -0.3 is 10.7 Å². The topological polar surface area (TPSA) is 55.3 Å². The fourth-order valence-corrected chi connectivity index (χ4v) is 1.69. The predicted molar refractivity (Wildman–Crippen MR) is 71.2 cm³/mol. The normalized spacial score (nSPS) is 15.3. The molecule has 0 aliphatic heterocycles. The molecule has 0 aliphatic rings. The summed E-state index contributed by atoms with van der Waals surface area (Å²) in [5.74, 6) is 7.44. The lowest BCUT2D eigenvalue weighted by molar-refractivity contribution is 0.269. The fourth-order valence-electron chi connectivity index (χ4n) is 1.69. The Morgan fingerprint density at radius 2 is 1.56 bits per heavy atom. The van der Waals surface area contributed by atoms with Crippen molar-refractivity contribution in [2.45, 2.75) is 48.0 Å². The molecule has 96 valence electrons. The van der Waals surface area contributed by atoms with Crippen molar-refractivity contribution in [3.63, 3.8) is 0 Å². The quantitative estimate of drug-likeness (QED) is 0.542. The van der Waals surface area contributed by atoms with E-state index in [2.05, 4.69) is 41.5 Å². The Morgan fingerprint density at radius 3 is 1.88 bits per heavy atom. The lowest BCUT2D eigenvalue weighted by Gasteiger charge is -2.30. The Balaban J connectivity index is 4.86. The zero-order valence-corrected chi connectivity index (χ0v) is 11.7. The maximum atomic E-state index is 6.14. The Kier molecular flexibility index (Phi) is 6.49. The van der Waals surface area contributed by atoms with Crippen molar-refractivity contribution in [2.24, 2.45) is 29.3 Å². The third kappa shape index (κ3) is 4.44. The van der Waals surface area contributed by atoms with E-state index in [1.165, 1.54) is 0 Å². The van der Waals surface area contributed by atoms with Crippen molar-refractivity contribution in [2.75, 3.05) is 6.54 Å². The lowest BCUT2D eigenvalue weighted by Crippen LogP contribution is -2.38. The Morgan fingerprint density at radius 1 is 1.06 bits per heavy atom. The van der Waals surface area contributed by atoms with E-state index in [4.69, 9.17) is 11.6 Å². The van der Waals surface area contributed by atoms with E-state index in [-0.39, 0.29) is 0 Å². The lowest BCUT2D eigenvalue weighted by atomic mass is 10.0. The second kappa shape index (κ2) is 6.79. The van der Waals surface area contributed by atoms with Crippen molar-refractivity contribution in [3.8, 4) is 0 Å². The molecule has 0 radical (unpaired) electrons. The monoisotopic (exact) mass is 227 g/mol. The number of hydrazine groups is 1. The van der Waals surface area contributed by atoms with Gasteiger partial charge in [-0.2, -0.15) is 0 Å². The molecule has 4 N–H and O–H groups in total. The van der Waals surface area contributed by atoms with Crippen molar-refractivity contribution in [1.82, 2.24) is 5.01 Å². The standard InChI is InChI=1S/C13H29N3/c1-7-11(6)8-16(15)13(10(4)5)12(14)9(2)3/h9-11H,7-8,14-15H2,1-6H3/b13-12-. The van der Waals surface area contributed by atoms with Crippen LogP contribution in [0.15, 0.2) is 11.4 Å². The first kappa shape index (κ1) is 15.3. The second-order valence-corrected chi connectivity index (χ2v) is 5.32. The van der Waals surface area contributed by atoms with E-state index < -0.39 is 0 Å². The fraction of sp³-hybridized carbons (Fsp3) is 0.846. The van der Waals surface area contributed by atoms with Crippen LogP contribution in [-0.2, 0) is 0 Å². The van der Waals surface area contributed by atoms with E-state index in [0.717, 1.165) is 24.4 Å². The molecule has 0 fully saturated rings. The van der Waals surface area contributed by atoms with E-state index in [1.807, 2.05) is 5.01 Å². The van der Waals surface area contributed by atoms with Gasteiger partial charge in [-0.05, 0) is 17.8 Å². The van der Waals surface area contributed by atoms with Gasteiger partial charge in [0.1, 0.15) is 0 Å². The highest BCUT2D eigenvalue weighted by atomic mass is 15.4. The smallest absolute Gasteiger partial charge is 0.0506 e. The highest BCUT2D eigenvalue weighted by molar-refractivity contribution is 5.13.